The summed E-state index contributed by atoms with van der Waals surface area (Å²) in [7, 11) is 1.68. The van der Waals surface area contributed by atoms with Gasteiger partial charge in [0.25, 0.3) is 5.69 Å². The van der Waals surface area contributed by atoms with Crippen molar-refractivity contribution in [2.24, 2.45) is 0 Å². The van der Waals surface area contributed by atoms with Crippen molar-refractivity contribution in [3.05, 3.63) is 58.1 Å². The molecule has 8 heteroatoms. The Labute approximate surface area is 167 Å². The fourth-order valence-corrected chi connectivity index (χ4v) is 4.51. The predicted molar refractivity (Wildman–Crippen MR) is 111 cm³/mol. The highest BCUT2D eigenvalue weighted by Gasteiger charge is 2.19. The van der Waals surface area contributed by atoms with E-state index in [4.69, 9.17) is 9.72 Å². The number of non-ortho nitro benzene ring substituents is 1. The number of nitro benzene ring substituents is 1. The highest BCUT2D eigenvalue weighted by atomic mass is 32.1. The third-order valence-corrected chi connectivity index (χ3v) is 6.07. The van der Waals surface area contributed by atoms with Crippen molar-refractivity contribution in [2.75, 3.05) is 38.2 Å². The number of benzene rings is 2. The number of methoxy groups -OCH3 is 1. The summed E-state index contributed by atoms with van der Waals surface area (Å²) in [4.78, 5) is 20.1. The Morgan fingerprint density at radius 3 is 2.71 bits per heavy atom. The first-order chi connectivity index (χ1) is 13.6. The van der Waals surface area contributed by atoms with Crippen molar-refractivity contribution >= 4 is 32.4 Å². The molecule has 0 N–H and O–H groups in total. The van der Waals surface area contributed by atoms with E-state index in [1.54, 1.807) is 19.2 Å². The van der Waals surface area contributed by atoms with Crippen molar-refractivity contribution in [3.8, 4) is 5.75 Å². The SMILES string of the molecule is COc1ccc(CN2CCCN(c3nc4ccc([N+](=O)[O-])cc4s3)CC2)cc1. The van der Waals surface area contributed by atoms with E-state index in [0.29, 0.717) is 0 Å². The van der Waals surface area contributed by atoms with Gasteiger partial charge in [0, 0.05) is 44.9 Å². The van der Waals surface area contributed by atoms with E-state index >= 15 is 0 Å². The van der Waals surface area contributed by atoms with Crippen LogP contribution in [0, 0.1) is 10.1 Å². The largest absolute Gasteiger partial charge is 0.497 e. The van der Waals surface area contributed by atoms with Gasteiger partial charge in [-0.25, -0.2) is 4.98 Å². The van der Waals surface area contributed by atoms with Crippen LogP contribution in [0.25, 0.3) is 10.2 Å². The fourth-order valence-electron chi connectivity index (χ4n) is 3.46. The fraction of sp³-hybridized carbons (Fsp3) is 0.350. The maximum absolute atomic E-state index is 11.0. The smallest absolute Gasteiger partial charge is 0.270 e. The lowest BCUT2D eigenvalue weighted by atomic mass is 10.2. The maximum Gasteiger partial charge on any atom is 0.270 e. The minimum absolute atomic E-state index is 0.115. The molecular weight excluding hydrogens is 376 g/mol. The average Bonchev–Trinajstić information content (AvgIpc) is 3.00. The van der Waals surface area contributed by atoms with Gasteiger partial charge in [0.1, 0.15) is 5.75 Å². The van der Waals surface area contributed by atoms with Crippen molar-refractivity contribution < 1.29 is 9.66 Å². The Morgan fingerprint density at radius 2 is 1.96 bits per heavy atom. The Kier molecular flexibility index (Phi) is 5.40. The van der Waals surface area contributed by atoms with Crippen molar-refractivity contribution in [3.63, 3.8) is 0 Å². The molecule has 2 aromatic carbocycles. The van der Waals surface area contributed by atoms with E-state index in [0.717, 1.165) is 60.2 Å². The first kappa shape index (κ1) is 18.6. The van der Waals surface area contributed by atoms with Crippen LogP contribution in [-0.2, 0) is 6.54 Å². The number of nitro groups is 1. The number of rotatable bonds is 5. The zero-order valence-corrected chi connectivity index (χ0v) is 16.5. The van der Waals surface area contributed by atoms with E-state index in [1.165, 1.54) is 23.0 Å². The van der Waals surface area contributed by atoms with Gasteiger partial charge in [0.15, 0.2) is 5.13 Å². The first-order valence-electron chi connectivity index (χ1n) is 9.27. The summed E-state index contributed by atoms with van der Waals surface area (Å²) in [6.45, 7) is 4.77. The Bertz CT molecular complexity index is 973. The average molecular weight is 398 g/mol. The highest BCUT2D eigenvalue weighted by Crippen LogP contribution is 2.32. The third kappa shape index (κ3) is 4.07. The number of thiazole rings is 1. The number of anilines is 1. The van der Waals surface area contributed by atoms with E-state index in [1.807, 2.05) is 12.1 Å². The third-order valence-electron chi connectivity index (χ3n) is 5.00. The molecule has 1 aromatic heterocycles. The van der Waals surface area contributed by atoms with Gasteiger partial charge in [-0.05, 0) is 30.2 Å². The Balaban J connectivity index is 1.43. The van der Waals surface area contributed by atoms with Gasteiger partial charge >= 0.3 is 0 Å². The topological polar surface area (TPSA) is 71.7 Å². The Hall–Kier alpha value is -2.71. The van der Waals surface area contributed by atoms with E-state index in [9.17, 15) is 10.1 Å². The van der Waals surface area contributed by atoms with Gasteiger partial charge in [-0.1, -0.05) is 23.5 Å². The van der Waals surface area contributed by atoms with Crippen LogP contribution in [-0.4, -0.2) is 48.1 Å². The molecule has 1 aliphatic rings. The molecule has 0 aliphatic carbocycles. The standard InChI is InChI=1S/C20H22N4O3S/c1-27-17-6-3-15(4-7-17)14-22-9-2-10-23(12-11-22)20-21-18-8-5-16(24(25)26)13-19(18)28-20/h3-8,13H,2,9-12,14H2,1H3. The number of aromatic nitrogens is 1. The van der Waals surface area contributed by atoms with Crippen molar-refractivity contribution in [2.45, 2.75) is 13.0 Å². The van der Waals surface area contributed by atoms with Gasteiger partial charge in [0.2, 0.25) is 0 Å². The predicted octanol–water partition coefficient (Wildman–Crippen LogP) is 3.93. The lowest BCUT2D eigenvalue weighted by Gasteiger charge is -2.21. The summed E-state index contributed by atoms with van der Waals surface area (Å²) in [6, 6.07) is 13.1. The summed E-state index contributed by atoms with van der Waals surface area (Å²) in [5.74, 6) is 0.877. The summed E-state index contributed by atoms with van der Waals surface area (Å²) in [5.41, 5.74) is 2.22. The van der Waals surface area contributed by atoms with Gasteiger partial charge in [-0.3, -0.25) is 15.0 Å². The second-order valence-corrected chi connectivity index (χ2v) is 7.88. The van der Waals surface area contributed by atoms with Crippen LogP contribution in [0.5, 0.6) is 5.75 Å². The lowest BCUT2D eigenvalue weighted by Crippen LogP contribution is -2.30. The minimum Gasteiger partial charge on any atom is -0.497 e. The number of fused-ring (bicyclic) bond motifs is 1. The van der Waals surface area contributed by atoms with Gasteiger partial charge in [0.05, 0.1) is 22.2 Å². The first-order valence-corrected chi connectivity index (χ1v) is 10.1. The zero-order chi connectivity index (χ0) is 19.5. The molecule has 1 fully saturated rings. The zero-order valence-electron chi connectivity index (χ0n) is 15.7. The number of ether oxygens (including phenoxy) is 1. The molecular formula is C20H22N4O3S. The lowest BCUT2D eigenvalue weighted by molar-refractivity contribution is -0.384. The summed E-state index contributed by atoms with van der Waals surface area (Å²) < 4.78 is 6.09. The number of hydrogen-bond donors (Lipinski definition) is 0. The molecule has 0 unspecified atom stereocenters. The Morgan fingerprint density at radius 1 is 1.14 bits per heavy atom. The molecule has 0 radical (unpaired) electrons. The van der Waals surface area contributed by atoms with E-state index in [2.05, 4.69) is 21.9 Å². The molecule has 0 saturated carbocycles. The molecule has 7 nitrogen and oxygen atoms in total. The summed E-state index contributed by atoms with van der Waals surface area (Å²) in [6.07, 6.45) is 1.06. The number of hydrogen-bond acceptors (Lipinski definition) is 7. The van der Waals surface area contributed by atoms with Crippen molar-refractivity contribution in [1.29, 1.82) is 0 Å². The molecule has 146 valence electrons. The molecule has 0 bridgehead atoms. The molecule has 1 aliphatic heterocycles. The monoisotopic (exact) mass is 398 g/mol. The van der Waals surface area contributed by atoms with Crippen LogP contribution in [0.1, 0.15) is 12.0 Å². The number of nitrogens with zero attached hydrogens (tertiary/aromatic N) is 4. The van der Waals surface area contributed by atoms with Crippen molar-refractivity contribution in [1.82, 2.24) is 9.88 Å². The van der Waals surface area contributed by atoms with Crippen LogP contribution in [0.15, 0.2) is 42.5 Å². The molecule has 2 heterocycles. The molecule has 1 saturated heterocycles. The quantitative estimate of drug-likeness (QED) is 0.479. The second kappa shape index (κ2) is 8.12. The van der Waals surface area contributed by atoms with Gasteiger partial charge in [-0.2, -0.15) is 0 Å². The van der Waals surface area contributed by atoms with E-state index < -0.39 is 0 Å². The molecule has 28 heavy (non-hydrogen) atoms. The summed E-state index contributed by atoms with van der Waals surface area (Å²) in [5, 5.41) is 11.9. The molecule has 4 rings (SSSR count). The molecule has 0 amide bonds. The van der Waals surface area contributed by atoms with E-state index in [-0.39, 0.29) is 10.6 Å². The minimum atomic E-state index is -0.359. The van der Waals surface area contributed by atoms with Gasteiger partial charge in [-0.15, -0.1) is 0 Å². The van der Waals surface area contributed by atoms with Crippen LogP contribution in [0.3, 0.4) is 0 Å². The highest BCUT2D eigenvalue weighted by molar-refractivity contribution is 7.22. The van der Waals surface area contributed by atoms with Crippen LogP contribution >= 0.6 is 11.3 Å². The summed E-state index contributed by atoms with van der Waals surface area (Å²) >= 11 is 1.53. The molecule has 3 aromatic rings. The van der Waals surface area contributed by atoms with Crippen LogP contribution in [0.2, 0.25) is 0 Å². The van der Waals surface area contributed by atoms with Gasteiger partial charge < -0.3 is 9.64 Å². The van der Waals surface area contributed by atoms with Crippen LogP contribution in [0.4, 0.5) is 10.8 Å². The normalized spacial score (nSPS) is 15.5. The molecule has 0 spiro atoms. The second-order valence-electron chi connectivity index (χ2n) is 6.87. The molecule has 0 atom stereocenters. The van der Waals surface area contributed by atoms with Crippen LogP contribution < -0.4 is 9.64 Å². The maximum atomic E-state index is 11.0.